The van der Waals surface area contributed by atoms with E-state index in [1.54, 1.807) is 24.3 Å². The van der Waals surface area contributed by atoms with Crippen molar-refractivity contribution in [3.63, 3.8) is 0 Å². The average Bonchev–Trinajstić information content (AvgIpc) is 2.35. The molecular weight excluding hydrogens is 240 g/mol. The Balaban J connectivity index is 2.16. The average molecular weight is 249 g/mol. The smallest absolute Gasteiger partial charge is 0.343 e. The Morgan fingerprint density at radius 3 is 2.47 bits per heavy atom. The van der Waals surface area contributed by atoms with Crippen LogP contribution < -0.4 is 4.74 Å². The van der Waals surface area contributed by atoms with Crippen LogP contribution >= 0.6 is 11.6 Å². The van der Waals surface area contributed by atoms with Gasteiger partial charge in [0.15, 0.2) is 0 Å². The number of phenolic OH excluding ortho intramolecular Hbond substituents is 1. The molecule has 2 aromatic carbocycles. The topological polar surface area (TPSA) is 46.5 Å². The number of hydrogen-bond acceptors (Lipinski definition) is 3. The summed E-state index contributed by atoms with van der Waals surface area (Å²) >= 11 is 5.64. The summed E-state index contributed by atoms with van der Waals surface area (Å²) in [5, 5.41) is 9.57. The highest BCUT2D eigenvalue weighted by Gasteiger charge is 2.08. The number of ether oxygens (including phenoxy) is 1. The van der Waals surface area contributed by atoms with Crippen LogP contribution in [-0.2, 0) is 0 Å². The fourth-order valence-electron chi connectivity index (χ4n) is 1.30. The van der Waals surface area contributed by atoms with Gasteiger partial charge in [-0.05, 0) is 24.3 Å². The molecule has 4 heteroatoms. The number of benzene rings is 2. The second-order valence-corrected chi connectivity index (χ2v) is 3.78. The highest BCUT2D eigenvalue weighted by molar-refractivity contribution is 6.32. The molecule has 0 unspecified atom stereocenters. The number of carbonyl (C=O) groups is 1. The highest BCUT2D eigenvalue weighted by atomic mass is 35.5. The first-order chi connectivity index (χ1) is 8.16. The molecule has 3 nitrogen and oxygen atoms in total. The van der Waals surface area contributed by atoms with E-state index in [0.717, 1.165) is 0 Å². The third-order valence-electron chi connectivity index (χ3n) is 2.14. The monoisotopic (exact) mass is 248 g/mol. The number of rotatable bonds is 2. The highest BCUT2D eigenvalue weighted by Crippen LogP contribution is 2.27. The number of hydrogen-bond donors (Lipinski definition) is 1. The summed E-state index contributed by atoms with van der Waals surface area (Å²) in [7, 11) is 0. The predicted molar refractivity (Wildman–Crippen MR) is 64.5 cm³/mol. The van der Waals surface area contributed by atoms with Gasteiger partial charge in [-0.25, -0.2) is 4.79 Å². The van der Waals surface area contributed by atoms with Crippen LogP contribution in [0.4, 0.5) is 0 Å². The summed E-state index contributed by atoms with van der Waals surface area (Å²) in [6, 6.07) is 12.9. The van der Waals surface area contributed by atoms with Crippen molar-refractivity contribution in [2.45, 2.75) is 0 Å². The van der Waals surface area contributed by atoms with Crippen molar-refractivity contribution in [1.29, 1.82) is 0 Å². The van der Waals surface area contributed by atoms with Crippen LogP contribution in [0.5, 0.6) is 11.5 Å². The van der Waals surface area contributed by atoms with Gasteiger partial charge in [0.05, 0.1) is 10.6 Å². The van der Waals surface area contributed by atoms with Crippen molar-refractivity contribution in [1.82, 2.24) is 0 Å². The molecule has 0 aromatic heterocycles. The molecule has 0 saturated carbocycles. The summed E-state index contributed by atoms with van der Waals surface area (Å²) in [6.07, 6.45) is 0. The van der Waals surface area contributed by atoms with Gasteiger partial charge in [-0.1, -0.05) is 29.8 Å². The largest absolute Gasteiger partial charge is 0.506 e. The summed E-state index contributed by atoms with van der Waals surface area (Å²) < 4.78 is 5.08. The first kappa shape index (κ1) is 11.5. The molecule has 0 heterocycles. The Morgan fingerprint density at radius 1 is 1.12 bits per heavy atom. The van der Waals surface area contributed by atoms with E-state index in [0.29, 0.717) is 5.56 Å². The lowest BCUT2D eigenvalue weighted by atomic mass is 10.2. The summed E-state index contributed by atoms with van der Waals surface area (Å²) in [4.78, 5) is 11.7. The summed E-state index contributed by atoms with van der Waals surface area (Å²) in [5.41, 5.74) is 0.446. The Kier molecular flexibility index (Phi) is 3.30. The molecule has 0 radical (unpaired) electrons. The van der Waals surface area contributed by atoms with Gasteiger partial charge < -0.3 is 9.84 Å². The lowest BCUT2D eigenvalue weighted by Gasteiger charge is -2.05. The van der Waals surface area contributed by atoms with Crippen molar-refractivity contribution < 1.29 is 14.6 Å². The van der Waals surface area contributed by atoms with E-state index >= 15 is 0 Å². The number of halogens is 1. The van der Waals surface area contributed by atoms with Gasteiger partial charge in [-0.15, -0.1) is 0 Å². The van der Waals surface area contributed by atoms with Crippen LogP contribution in [0.3, 0.4) is 0 Å². The molecule has 2 aromatic rings. The van der Waals surface area contributed by atoms with E-state index < -0.39 is 5.97 Å². The maximum Gasteiger partial charge on any atom is 0.343 e. The fourth-order valence-corrected chi connectivity index (χ4v) is 1.41. The molecule has 0 aliphatic rings. The minimum absolute atomic E-state index is 0.120. The lowest BCUT2D eigenvalue weighted by Crippen LogP contribution is -2.07. The van der Waals surface area contributed by atoms with Crippen LogP contribution in [0.15, 0.2) is 48.5 Å². The molecule has 0 aliphatic carbocycles. The maximum atomic E-state index is 11.7. The van der Waals surface area contributed by atoms with E-state index in [1.165, 1.54) is 18.2 Å². The summed E-state index contributed by atoms with van der Waals surface area (Å²) in [5.74, 6) is -0.349. The van der Waals surface area contributed by atoms with Crippen molar-refractivity contribution >= 4 is 17.6 Å². The molecule has 17 heavy (non-hydrogen) atoms. The first-order valence-electron chi connectivity index (χ1n) is 4.92. The first-order valence-corrected chi connectivity index (χ1v) is 5.30. The van der Waals surface area contributed by atoms with Gasteiger partial charge in [-0.2, -0.15) is 0 Å². The molecule has 0 saturated heterocycles. The Hall–Kier alpha value is -2.00. The number of aromatic hydroxyl groups is 1. The Bertz CT molecular complexity index is 538. The van der Waals surface area contributed by atoms with E-state index in [2.05, 4.69) is 0 Å². The maximum absolute atomic E-state index is 11.7. The normalized spacial score (nSPS) is 9.94. The molecule has 86 valence electrons. The van der Waals surface area contributed by atoms with Crippen molar-refractivity contribution in [3.8, 4) is 11.5 Å². The molecule has 0 amide bonds. The van der Waals surface area contributed by atoms with E-state index in [1.807, 2.05) is 6.07 Å². The Morgan fingerprint density at radius 2 is 1.82 bits per heavy atom. The van der Waals surface area contributed by atoms with Crippen LogP contribution in [-0.4, -0.2) is 11.1 Å². The SMILES string of the molecule is O=C(Oc1ccc(Cl)c(O)c1)c1ccccc1. The molecular formula is C13H9ClO3. The van der Waals surface area contributed by atoms with Gasteiger partial charge in [0.25, 0.3) is 0 Å². The van der Waals surface area contributed by atoms with Crippen LogP contribution in [0.25, 0.3) is 0 Å². The number of carbonyl (C=O) groups excluding carboxylic acids is 1. The van der Waals surface area contributed by atoms with Gasteiger partial charge in [-0.3, -0.25) is 0 Å². The number of esters is 1. The zero-order chi connectivity index (χ0) is 12.3. The zero-order valence-corrected chi connectivity index (χ0v) is 9.52. The van der Waals surface area contributed by atoms with Gasteiger partial charge in [0, 0.05) is 6.07 Å². The third-order valence-corrected chi connectivity index (χ3v) is 2.46. The quantitative estimate of drug-likeness (QED) is 0.655. The van der Waals surface area contributed by atoms with Crippen molar-refractivity contribution in [2.24, 2.45) is 0 Å². The minimum Gasteiger partial charge on any atom is -0.506 e. The molecule has 0 bridgehead atoms. The van der Waals surface area contributed by atoms with E-state index in [-0.39, 0.29) is 16.5 Å². The molecule has 0 atom stereocenters. The van der Waals surface area contributed by atoms with Crippen LogP contribution in [0.1, 0.15) is 10.4 Å². The minimum atomic E-state index is -0.479. The van der Waals surface area contributed by atoms with Gasteiger partial charge in [0.1, 0.15) is 11.5 Å². The molecule has 2 rings (SSSR count). The molecule has 0 aliphatic heterocycles. The summed E-state index contributed by atoms with van der Waals surface area (Å²) in [6.45, 7) is 0. The third kappa shape index (κ3) is 2.77. The van der Waals surface area contributed by atoms with Crippen molar-refractivity contribution in [3.05, 3.63) is 59.1 Å². The van der Waals surface area contributed by atoms with Crippen LogP contribution in [0.2, 0.25) is 5.02 Å². The second kappa shape index (κ2) is 4.89. The zero-order valence-electron chi connectivity index (χ0n) is 8.76. The fraction of sp³-hybridized carbons (Fsp3) is 0. The molecule has 1 N–H and O–H groups in total. The van der Waals surface area contributed by atoms with E-state index in [9.17, 15) is 9.90 Å². The van der Waals surface area contributed by atoms with Crippen molar-refractivity contribution in [2.75, 3.05) is 0 Å². The number of phenols is 1. The van der Waals surface area contributed by atoms with Gasteiger partial charge in [0.2, 0.25) is 0 Å². The van der Waals surface area contributed by atoms with Crippen LogP contribution in [0, 0.1) is 0 Å². The molecule has 0 spiro atoms. The van der Waals surface area contributed by atoms with Gasteiger partial charge >= 0.3 is 5.97 Å². The van der Waals surface area contributed by atoms with E-state index in [4.69, 9.17) is 16.3 Å². The lowest BCUT2D eigenvalue weighted by molar-refractivity contribution is 0.0734. The molecule has 0 fully saturated rings. The second-order valence-electron chi connectivity index (χ2n) is 3.37. The Labute approximate surface area is 103 Å². The predicted octanol–water partition coefficient (Wildman–Crippen LogP) is 3.26. The standard InChI is InChI=1S/C13H9ClO3/c14-11-7-6-10(8-12(11)15)17-13(16)9-4-2-1-3-5-9/h1-8,15H.